The molecule has 0 saturated carbocycles. The van der Waals surface area contributed by atoms with Crippen LogP contribution in [-0.4, -0.2) is 9.55 Å². The molecule has 0 aliphatic rings. The van der Waals surface area contributed by atoms with Crippen molar-refractivity contribution in [3.8, 4) is 28.2 Å². The average Bonchev–Trinajstić information content (AvgIpc) is 3.49. The second kappa shape index (κ2) is 11.0. The smallest absolute Gasteiger partial charge is 0.145 e. The van der Waals surface area contributed by atoms with Crippen LogP contribution < -0.4 is 4.90 Å². The van der Waals surface area contributed by atoms with Crippen molar-refractivity contribution in [1.29, 1.82) is 0 Å². The van der Waals surface area contributed by atoms with Gasteiger partial charge in [-0.1, -0.05) is 103 Å². The first-order chi connectivity index (χ1) is 21.8. The number of para-hydroxylation sites is 4. The van der Waals surface area contributed by atoms with Gasteiger partial charge in [-0.2, -0.15) is 0 Å². The van der Waals surface area contributed by atoms with Crippen LogP contribution >= 0.6 is 0 Å². The van der Waals surface area contributed by atoms with Crippen molar-refractivity contribution in [2.75, 3.05) is 4.90 Å². The van der Waals surface area contributed by atoms with Gasteiger partial charge >= 0.3 is 0 Å². The molecule has 0 radical (unpaired) electrons. The van der Waals surface area contributed by atoms with Crippen molar-refractivity contribution in [3.63, 3.8) is 0 Å². The van der Waals surface area contributed by atoms with Crippen LogP contribution in [0.4, 0.5) is 17.1 Å². The van der Waals surface area contributed by atoms with E-state index in [-0.39, 0.29) is 0 Å². The van der Waals surface area contributed by atoms with Gasteiger partial charge in [-0.25, -0.2) is 4.98 Å². The lowest BCUT2D eigenvalue weighted by Gasteiger charge is -2.26. The van der Waals surface area contributed by atoms with Gasteiger partial charge in [0.1, 0.15) is 5.82 Å². The summed E-state index contributed by atoms with van der Waals surface area (Å²) in [4.78, 5) is 7.36. The van der Waals surface area contributed by atoms with Crippen LogP contribution in [0.25, 0.3) is 50.0 Å². The van der Waals surface area contributed by atoms with E-state index in [2.05, 4.69) is 173 Å². The lowest BCUT2D eigenvalue weighted by atomic mass is 9.98. The van der Waals surface area contributed by atoms with E-state index >= 15 is 0 Å². The molecule has 0 spiro atoms. The maximum absolute atomic E-state index is 5.06. The predicted molar refractivity (Wildman–Crippen MR) is 184 cm³/mol. The van der Waals surface area contributed by atoms with E-state index in [0.29, 0.717) is 0 Å². The highest BCUT2D eigenvalue weighted by molar-refractivity contribution is 5.97. The van der Waals surface area contributed by atoms with Crippen molar-refractivity contribution < 1.29 is 0 Å². The van der Waals surface area contributed by atoms with E-state index in [9.17, 15) is 0 Å². The molecule has 0 fully saturated rings. The lowest BCUT2D eigenvalue weighted by molar-refractivity contribution is 1.10. The van der Waals surface area contributed by atoms with E-state index in [1.165, 1.54) is 21.9 Å². The van der Waals surface area contributed by atoms with Crippen LogP contribution in [-0.2, 0) is 0 Å². The number of aromatic nitrogens is 2. The first-order valence-corrected chi connectivity index (χ1v) is 14.9. The summed E-state index contributed by atoms with van der Waals surface area (Å²) in [5, 5.41) is 2.51. The molecule has 0 aliphatic carbocycles. The monoisotopic (exact) mass is 563 g/mol. The highest BCUT2D eigenvalue weighted by Gasteiger charge is 2.17. The van der Waals surface area contributed by atoms with E-state index in [1.807, 2.05) is 12.1 Å². The van der Waals surface area contributed by atoms with Gasteiger partial charge in [0.15, 0.2) is 0 Å². The third kappa shape index (κ3) is 4.61. The fourth-order valence-corrected chi connectivity index (χ4v) is 6.11. The van der Waals surface area contributed by atoms with E-state index in [1.54, 1.807) is 0 Å². The molecule has 1 aromatic heterocycles. The van der Waals surface area contributed by atoms with Crippen molar-refractivity contribution in [2.45, 2.75) is 0 Å². The molecule has 0 atom stereocenters. The zero-order chi connectivity index (χ0) is 29.3. The summed E-state index contributed by atoms with van der Waals surface area (Å²) >= 11 is 0. The van der Waals surface area contributed by atoms with Crippen LogP contribution in [0.5, 0.6) is 0 Å². The van der Waals surface area contributed by atoms with Crippen molar-refractivity contribution in [2.24, 2.45) is 0 Å². The number of hydrogen-bond donors (Lipinski definition) is 0. The maximum Gasteiger partial charge on any atom is 0.145 e. The Bertz CT molecular complexity index is 2190. The number of hydrogen-bond acceptors (Lipinski definition) is 2. The summed E-state index contributed by atoms with van der Waals surface area (Å²) in [7, 11) is 0. The highest BCUT2D eigenvalue weighted by Crippen LogP contribution is 2.38. The van der Waals surface area contributed by atoms with Crippen LogP contribution in [0.15, 0.2) is 176 Å². The topological polar surface area (TPSA) is 21.1 Å². The molecular formula is C41H29N3. The number of nitrogens with zero attached hydrogens (tertiary/aromatic N) is 3. The average molecular weight is 564 g/mol. The molecule has 0 unspecified atom stereocenters. The number of fused-ring (bicyclic) bond motifs is 2. The van der Waals surface area contributed by atoms with Gasteiger partial charge in [-0.05, 0) is 94.7 Å². The molecular weight excluding hydrogens is 534 g/mol. The second-order valence-corrected chi connectivity index (χ2v) is 10.9. The molecule has 7 aromatic carbocycles. The third-order valence-electron chi connectivity index (χ3n) is 8.20. The quantitative estimate of drug-likeness (QED) is 0.201. The molecule has 3 heteroatoms. The van der Waals surface area contributed by atoms with Crippen LogP contribution in [0.1, 0.15) is 0 Å². The number of benzene rings is 7. The van der Waals surface area contributed by atoms with Crippen molar-refractivity contribution in [1.82, 2.24) is 9.55 Å². The Balaban J connectivity index is 1.20. The van der Waals surface area contributed by atoms with Crippen LogP contribution in [0, 0.1) is 0 Å². The summed E-state index contributed by atoms with van der Waals surface area (Å²) in [6.07, 6.45) is 0. The molecule has 1 heterocycles. The molecule has 0 bridgehead atoms. The van der Waals surface area contributed by atoms with Gasteiger partial charge in [0.2, 0.25) is 0 Å². The fraction of sp³-hybridized carbons (Fsp3) is 0. The molecule has 0 amide bonds. The minimum Gasteiger partial charge on any atom is -0.311 e. The summed E-state index contributed by atoms with van der Waals surface area (Å²) in [5.41, 5.74) is 9.97. The molecule has 8 rings (SSSR count). The molecule has 3 nitrogen and oxygen atoms in total. The second-order valence-electron chi connectivity index (χ2n) is 10.9. The third-order valence-corrected chi connectivity index (χ3v) is 8.20. The van der Waals surface area contributed by atoms with Gasteiger partial charge in [-0.15, -0.1) is 0 Å². The molecule has 208 valence electrons. The Hall–Kier alpha value is -5.93. The lowest BCUT2D eigenvalue weighted by Crippen LogP contribution is -2.09. The minimum atomic E-state index is 0.926. The fourth-order valence-electron chi connectivity index (χ4n) is 6.11. The van der Waals surface area contributed by atoms with E-state index in [0.717, 1.165) is 45.2 Å². The van der Waals surface area contributed by atoms with Gasteiger partial charge in [0, 0.05) is 28.3 Å². The zero-order valence-electron chi connectivity index (χ0n) is 24.1. The molecule has 0 aliphatic heterocycles. The van der Waals surface area contributed by atoms with Gasteiger partial charge in [0.25, 0.3) is 0 Å². The molecule has 0 N–H and O–H groups in total. The largest absolute Gasteiger partial charge is 0.311 e. The Morgan fingerprint density at radius 1 is 0.432 bits per heavy atom. The van der Waals surface area contributed by atoms with E-state index < -0.39 is 0 Å². The Morgan fingerprint density at radius 3 is 1.75 bits per heavy atom. The summed E-state index contributed by atoms with van der Waals surface area (Å²) in [6.45, 7) is 0. The Morgan fingerprint density at radius 2 is 1.00 bits per heavy atom. The van der Waals surface area contributed by atoms with Gasteiger partial charge < -0.3 is 4.90 Å². The van der Waals surface area contributed by atoms with Crippen LogP contribution in [0.2, 0.25) is 0 Å². The van der Waals surface area contributed by atoms with E-state index in [4.69, 9.17) is 4.98 Å². The molecule has 8 aromatic rings. The number of imidazole rings is 1. The SMILES string of the molecule is c1ccc(N(c2ccc(-c3cccc4ccccc34)cc2)c2ccc(-c3nc4ccccc4n3-c3ccccc3)cc2)cc1. The van der Waals surface area contributed by atoms with Crippen molar-refractivity contribution in [3.05, 3.63) is 176 Å². The summed E-state index contributed by atoms with van der Waals surface area (Å²) < 4.78 is 2.24. The maximum atomic E-state index is 5.06. The zero-order valence-corrected chi connectivity index (χ0v) is 24.1. The first kappa shape index (κ1) is 25.8. The van der Waals surface area contributed by atoms with Crippen molar-refractivity contribution >= 4 is 38.9 Å². The highest BCUT2D eigenvalue weighted by atomic mass is 15.1. The Kier molecular flexibility index (Phi) is 6.47. The molecule has 0 saturated heterocycles. The van der Waals surface area contributed by atoms with Crippen LogP contribution in [0.3, 0.4) is 0 Å². The predicted octanol–water partition coefficient (Wildman–Crippen LogP) is 11.0. The molecule has 44 heavy (non-hydrogen) atoms. The number of rotatable bonds is 6. The minimum absolute atomic E-state index is 0.926. The summed E-state index contributed by atoms with van der Waals surface area (Å²) in [6, 6.07) is 62.0. The summed E-state index contributed by atoms with van der Waals surface area (Å²) in [5.74, 6) is 0.926. The number of anilines is 3. The standard InChI is InChI=1S/C41H29N3/c1-3-14-33(15-4-1)43(35-26-22-31(23-27-35)38-19-11-13-30-12-7-8-18-37(30)38)36-28-24-32(25-29-36)41-42-39-20-9-10-21-40(39)44(41)34-16-5-2-6-17-34/h1-29H. The normalized spacial score (nSPS) is 11.2. The van der Waals surface area contributed by atoms with Gasteiger partial charge in [0.05, 0.1) is 11.0 Å². The van der Waals surface area contributed by atoms with Gasteiger partial charge in [-0.3, -0.25) is 4.57 Å². The Labute approximate surface area is 256 Å². The first-order valence-electron chi connectivity index (χ1n) is 14.9.